The number of amides is 1. The van der Waals surface area contributed by atoms with Crippen molar-refractivity contribution >= 4 is 22.5 Å². The summed E-state index contributed by atoms with van der Waals surface area (Å²) in [5.74, 6) is 0.148. The molecule has 174 valence electrons. The number of halogens is 3. The maximum absolute atomic E-state index is 13.9. The van der Waals surface area contributed by atoms with Crippen molar-refractivity contribution in [2.24, 2.45) is 0 Å². The van der Waals surface area contributed by atoms with Crippen LogP contribution in [0.15, 0.2) is 72.8 Å². The van der Waals surface area contributed by atoms with Gasteiger partial charge in [0.05, 0.1) is 18.4 Å². The van der Waals surface area contributed by atoms with E-state index in [1.165, 1.54) is 12.1 Å². The Kier molecular flexibility index (Phi) is 5.32. The first kappa shape index (κ1) is 22.0. The largest absolute Gasteiger partial charge is 0.497 e. The molecule has 0 unspecified atom stereocenters. The van der Waals surface area contributed by atoms with E-state index in [0.29, 0.717) is 30.0 Å². The van der Waals surface area contributed by atoms with E-state index in [1.807, 2.05) is 24.3 Å². The molecule has 0 bridgehead atoms. The molecule has 3 aromatic carbocycles. The second kappa shape index (κ2) is 8.22. The molecule has 0 saturated carbocycles. The quantitative estimate of drug-likeness (QED) is 0.387. The molecule has 0 radical (unpaired) electrons. The van der Waals surface area contributed by atoms with E-state index in [-0.39, 0.29) is 5.69 Å². The Bertz CT molecular complexity index is 1360. The van der Waals surface area contributed by atoms with E-state index >= 15 is 0 Å². The van der Waals surface area contributed by atoms with Gasteiger partial charge in [-0.25, -0.2) is 0 Å². The number of fused-ring (bicyclic) bond motifs is 3. The van der Waals surface area contributed by atoms with Crippen LogP contribution in [0.3, 0.4) is 0 Å². The molecule has 4 aromatic rings. The summed E-state index contributed by atoms with van der Waals surface area (Å²) < 4.78 is 45.0. The molecule has 5 nitrogen and oxygen atoms in total. The molecule has 1 atom stereocenters. The Morgan fingerprint density at radius 3 is 2.53 bits per heavy atom. The molecule has 5 rings (SSSR count). The van der Waals surface area contributed by atoms with Crippen LogP contribution in [-0.4, -0.2) is 24.5 Å². The average molecular weight is 465 g/mol. The van der Waals surface area contributed by atoms with Gasteiger partial charge in [-0.15, -0.1) is 0 Å². The fourth-order valence-corrected chi connectivity index (χ4v) is 4.65. The summed E-state index contributed by atoms with van der Waals surface area (Å²) in [4.78, 5) is 17.3. The minimum Gasteiger partial charge on any atom is -0.497 e. The summed E-state index contributed by atoms with van der Waals surface area (Å²) in [5, 5.41) is 7.10. The zero-order chi connectivity index (χ0) is 23.9. The standard InChI is InChI=1S/C26H22F3N3O2/c1-34-19-11-9-16(10-12-19)25(24(33)31-18-6-4-5-17(15-18)26(27,28)29)23-21(13-14-30-25)20-7-2-3-8-22(20)32-23/h2-12,15,30,32H,13-14H2,1H3,(H,31,33)/t25-/m0/s1. The third-order valence-corrected chi connectivity index (χ3v) is 6.27. The maximum atomic E-state index is 13.9. The Labute approximate surface area is 193 Å². The zero-order valence-electron chi connectivity index (χ0n) is 18.3. The number of carbonyl (C=O) groups is 1. The molecule has 3 N–H and O–H groups in total. The molecule has 1 aromatic heterocycles. The van der Waals surface area contributed by atoms with Crippen LogP contribution in [0.5, 0.6) is 5.75 Å². The summed E-state index contributed by atoms with van der Waals surface area (Å²) in [6, 6.07) is 19.5. The number of aromatic amines is 1. The van der Waals surface area contributed by atoms with Crippen LogP contribution in [-0.2, 0) is 22.9 Å². The Balaban J connectivity index is 1.66. The molecule has 34 heavy (non-hydrogen) atoms. The minimum absolute atomic E-state index is 0.0674. The normalized spacial score (nSPS) is 17.9. The number of hydrogen-bond donors (Lipinski definition) is 3. The molecule has 0 spiro atoms. The van der Waals surface area contributed by atoms with E-state index in [2.05, 4.69) is 15.6 Å². The number of alkyl halides is 3. The van der Waals surface area contributed by atoms with Crippen LogP contribution in [0.25, 0.3) is 10.9 Å². The van der Waals surface area contributed by atoms with Gasteiger partial charge in [-0.3, -0.25) is 10.1 Å². The first-order valence-electron chi connectivity index (χ1n) is 10.8. The Morgan fingerprint density at radius 1 is 1.03 bits per heavy atom. The van der Waals surface area contributed by atoms with E-state index in [9.17, 15) is 18.0 Å². The molecule has 1 aliphatic rings. The first-order chi connectivity index (χ1) is 16.3. The number of ether oxygens (including phenoxy) is 1. The number of H-pyrrole nitrogens is 1. The van der Waals surface area contributed by atoms with E-state index in [0.717, 1.165) is 28.6 Å². The van der Waals surface area contributed by atoms with Crippen molar-refractivity contribution in [1.29, 1.82) is 0 Å². The predicted molar refractivity (Wildman–Crippen MR) is 124 cm³/mol. The van der Waals surface area contributed by atoms with Crippen LogP contribution in [0.4, 0.5) is 18.9 Å². The van der Waals surface area contributed by atoms with Gasteiger partial charge in [-0.2, -0.15) is 13.2 Å². The lowest BCUT2D eigenvalue weighted by molar-refractivity contribution is -0.137. The summed E-state index contributed by atoms with van der Waals surface area (Å²) >= 11 is 0. The van der Waals surface area contributed by atoms with Gasteiger partial charge in [0.1, 0.15) is 5.75 Å². The van der Waals surface area contributed by atoms with Crippen LogP contribution >= 0.6 is 0 Å². The van der Waals surface area contributed by atoms with Gasteiger partial charge in [0.15, 0.2) is 5.54 Å². The molecule has 1 aliphatic heterocycles. The molecular weight excluding hydrogens is 443 g/mol. The smallest absolute Gasteiger partial charge is 0.416 e. The van der Waals surface area contributed by atoms with Gasteiger partial charge in [0.2, 0.25) is 0 Å². The highest BCUT2D eigenvalue weighted by atomic mass is 19.4. The van der Waals surface area contributed by atoms with E-state index in [1.54, 1.807) is 31.4 Å². The Hall–Kier alpha value is -3.78. The lowest BCUT2D eigenvalue weighted by Crippen LogP contribution is -2.56. The molecule has 2 heterocycles. The highest BCUT2D eigenvalue weighted by molar-refractivity contribution is 6.03. The maximum Gasteiger partial charge on any atom is 0.416 e. The number of aromatic nitrogens is 1. The number of methoxy groups -OCH3 is 1. The third-order valence-electron chi connectivity index (χ3n) is 6.27. The van der Waals surface area contributed by atoms with Crippen molar-refractivity contribution in [3.63, 3.8) is 0 Å². The van der Waals surface area contributed by atoms with Gasteiger partial charge >= 0.3 is 6.18 Å². The van der Waals surface area contributed by atoms with Gasteiger partial charge in [0, 0.05) is 23.1 Å². The van der Waals surface area contributed by atoms with Crippen molar-refractivity contribution in [1.82, 2.24) is 10.3 Å². The first-order valence-corrected chi connectivity index (χ1v) is 10.8. The number of nitrogens with one attached hydrogen (secondary N) is 3. The molecule has 8 heteroatoms. The summed E-state index contributed by atoms with van der Waals surface area (Å²) in [6.07, 6.45) is -3.81. The van der Waals surface area contributed by atoms with Gasteiger partial charge in [-0.1, -0.05) is 36.4 Å². The van der Waals surface area contributed by atoms with E-state index in [4.69, 9.17) is 4.74 Å². The molecule has 0 saturated heterocycles. The SMILES string of the molecule is COc1ccc([C@]2(C(=O)Nc3cccc(C(F)(F)F)c3)NCCc3c2[nH]c2ccccc32)cc1. The van der Waals surface area contributed by atoms with Crippen molar-refractivity contribution in [3.8, 4) is 5.75 Å². The van der Waals surface area contributed by atoms with Crippen molar-refractivity contribution in [3.05, 3.63) is 95.2 Å². The fourth-order valence-electron chi connectivity index (χ4n) is 4.65. The summed E-state index contributed by atoms with van der Waals surface area (Å²) in [6.45, 7) is 0.511. The fraction of sp³-hybridized carbons (Fsp3) is 0.192. The van der Waals surface area contributed by atoms with Gasteiger partial charge < -0.3 is 15.0 Å². The Morgan fingerprint density at radius 2 is 1.79 bits per heavy atom. The number of anilines is 1. The molecule has 0 aliphatic carbocycles. The number of carbonyl (C=O) groups excluding carboxylic acids is 1. The van der Waals surface area contributed by atoms with Crippen LogP contribution in [0.1, 0.15) is 22.4 Å². The second-order valence-corrected chi connectivity index (χ2v) is 8.21. The topological polar surface area (TPSA) is 66.2 Å². The average Bonchev–Trinajstić information content (AvgIpc) is 3.23. The lowest BCUT2D eigenvalue weighted by Gasteiger charge is -2.37. The van der Waals surface area contributed by atoms with Crippen molar-refractivity contribution in [2.45, 2.75) is 18.1 Å². The molecular formula is C26H22F3N3O2. The van der Waals surface area contributed by atoms with Crippen LogP contribution in [0.2, 0.25) is 0 Å². The second-order valence-electron chi connectivity index (χ2n) is 8.21. The molecule has 0 fully saturated rings. The third kappa shape index (κ3) is 3.60. The van der Waals surface area contributed by atoms with Gasteiger partial charge in [0.25, 0.3) is 5.91 Å². The highest BCUT2D eigenvalue weighted by Gasteiger charge is 2.47. The minimum atomic E-state index is -4.51. The zero-order valence-corrected chi connectivity index (χ0v) is 18.3. The number of benzene rings is 3. The predicted octanol–water partition coefficient (Wildman–Crippen LogP) is 5.22. The van der Waals surface area contributed by atoms with Crippen molar-refractivity contribution in [2.75, 3.05) is 19.0 Å². The number of para-hydroxylation sites is 1. The number of rotatable bonds is 4. The number of hydrogen-bond acceptors (Lipinski definition) is 3. The van der Waals surface area contributed by atoms with E-state index < -0.39 is 23.2 Å². The summed E-state index contributed by atoms with van der Waals surface area (Å²) in [7, 11) is 1.56. The monoisotopic (exact) mass is 465 g/mol. The van der Waals surface area contributed by atoms with Gasteiger partial charge in [-0.05, 0) is 53.9 Å². The van der Waals surface area contributed by atoms with Crippen LogP contribution in [0, 0.1) is 0 Å². The summed E-state index contributed by atoms with van der Waals surface area (Å²) in [5.41, 5.74) is 1.11. The lowest BCUT2D eigenvalue weighted by atomic mass is 9.80. The highest BCUT2D eigenvalue weighted by Crippen LogP contribution is 2.40. The molecule has 1 amide bonds. The van der Waals surface area contributed by atoms with Crippen LogP contribution < -0.4 is 15.4 Å². The van der Waals surface area contributed by atoms with Crippen molar-refractivity contribution < 1.29 is 22.7 Å².